The number of aromatic nitrogens is 2. The van der Waals surface area contributed by atoms with Crippen LogP contribution in [0.4, 0.5) is 0 Å². The lowest BCUT2D eigenvalue weighted by molar-refractivity contribution is 0.0184. The largest absolute Gasteiger partial charge is 0.379 e. The second-order valence-electron chi connectivity index (χ2n) is 6.12. The highest BCUT2D eigenvalue weighted by molar-refractivity contribution is 5.78. The summed E-state index contributed by atoms with van der Waals surface area (Å²) in [7, 11) is 0. The van der Waals surface area contributed by atoms with E-state index < -0.39 is 0 Å². The molecule has 0 radical (unpaired) electrons. The van der Waals surface area contributed by atoms with Gasteiger partial charge in [-0.05, 0) is 18.1 Å². The van der Waals surface area contributed by atoms with Crippen molar-refractivity contribution in [2.75, 3.05) is 39.4 Å². The summed E-state index contributed by atoms with van der Waals surface area (Å²) >= 11 is 0. The van der Waals surface area contributed by atoms with Gasteiger partial charge in [-0.1, -0.05) is 12.1 Å². The molecule has 0 spiro atoms. The number of morpholine rings is 1. The van der Waals surface area contributed by atoms with Crippen molar-refractivity contribution in [3.63, 3.8) is 0 Å². The van der Waals surface area contributed by atoms with Crippen molar-refractivity contribution >= 4 is 10.9 Å². The van der Waals surface area contributed by atoms with Gasteiger partial charge in [-0.2, -0.15) is 5.10 Å². The number of aromatic amines is 1. The lowest BCUT2D eigenvalue weighted by Gasteiger charge is -2.32. The molecule has 1 N–H and O–H groups in total. The predicted molar refractivity (Wildman–Crippen MR) is 82.2 cm³/mol. The Morgan fingerprint density at radius 1 is 1.24 bits per heavy atom. The van der Waals surface area contributed by atoms with Crippen LogP contribution in [-0.4, -0.2) is 65.4 Å². The van der Waals surface area contributed by atoms with Gasteiger partial charge in [-0.3, -0.25) is 14.9 Å². The Morgan fingerprint density at radius 2 is 2.14 bits per heavy atom. The molecule has 5 heteroatoms. The van der Waals surface area contributed by atoms with Gasteiger partial charge in [0.15, 0.2) is 0 Å². The van der Waals surface area contributed by atoms with Crippen molar-refractivity contribution in [1.29, 1.82) is 0 Å². The fraction of sp³-hybridized carbons (Fsp3) is 0.562. The fourth-order valence-corrected chi connectivity index (χ4v) is 3.54. The normalized spacial score (nSPS) is 24.9. The van der Waals surface area contributed by atoms with E-state index >= 15 is 0 Å². The molecule has 0 bridgehead atoms. The summed E-state index contributed by atoms with van der Waals surface area (Å²) in [5.41, 5.74) is 2.51. The Hall–Kier alpha value is -1.43. The maximum absolute atomic E-state index is 5.45. The number of hydrogen-bond acceptors (Lipinski definition) is 4. The van der Waals surface area contributed by atoms with Crippen LogP contribution in [0.3, 0.4) is 0 Å². The maximum atomic E-state index is 5.45. The van der Waals surface area contributed by atoms with Gasteiger partial charge in [0.25, 0.3) is 0 Å². The van der Waals surface area contributed by atoms with Crippen molar-refractivity contribution in [2.45, 2.75) is 19.0 Å². The summed E-state index contributed by atoms with van der Waals surface area (Å²) in [4.78, 5) is 5.17. The molecule has 0 amide bonds. The predicted octanol–water partition coefficient (Wildman–Crippen LogP) is 1.47. The third-order valence-corrected chi connectivity index (χ3v) is 4.72. The van der Waals surface area contributed by atoms with E-state index in [-0.39, 0.29) is 0 Å². The van der Waals surface area contributed by atoms with Gasteiger partial charge in [0.2, 0.25) is 0 Å². The molecule has 112 valence electrons. The third kappa shape index (κ3) is 2.81. The Morgan fingerprint density at radius 3 is 3.05 bits per heavy atom. The van der Waals surface area contributed by atoms with Crippen molar-refractivity contribution in [3.05, 3.63) is 30.0 Å². The van der Waals surface area contributed by atoms with E-state index in [1.807, 2.05) is 6.20 Å². The number of H-pyrrole nitrogens is 1. The standard InChI is InChI=1S/C16H22N4O/c1-2-14-10-17-18-16(14)9-13(1)11-19-4-3-15(12-19)20-5-7-21-8-6-20/h1-2,9-10,15H,3-8,11-12H2,(H,17,18)/t15-/m0/s1. The zero-order valence-electron chi connectivity index (χ0n) is 12.3. The number of likely N-dealkylation sites (tertiary alicyclic amines) is 1. The van der Waals surface area contributed by atoms with Crippen LogP contribution < -0.4 is 0 Å². The van der Waals surface area contributed by atoms with E-state index in [1.165, 1.54) is 30.5 Å². The molecule has 21 heavy (non-hydrogen) atoms. The summed E-state index contributed by atoms with van der Waals surface area (Å²) in [6, 6.07) is 7.32. The van der Waals surface area contributed by atoms with Crippen molar-refractivity contribution < 1.29 is 4.74 Å². The number of rotatable bonds is 3. The van der Waals surface area contributed by atoms with Gasteiger partial charge >= 0.3 is 0 Å². The zero-order valence-corrected chi connectivity index (χ0v) is 12.3. The topological polar surface area (TPSA) is 44.4 Å². The molecular formula is C16H22N4O. The minimum atomic E-state index is 0.713. The average molecular weight is 286 g/mol. The van der Waals surface area contributed by atoms with Crippen LogP contribution in [0.2, 0.25) is 0 Å². The van der Waals surface area contributed by atoms with Crippen LogP contribution in [-0.2, 0) is 11.3 Å². The van der Waals surface area contributed by atoms with E-state index in [9.17, 15) is 0 Å². The molecule has 2 aromatic rings. The summed E-state index contributed by atoms with van der Waals surface area (Å²) in [5.74, 6) is 0. The van der Waals surface area contributed by atoms with Crippen molar-refractivity contribution in [2.24, 2.45) is 0 Å². The summed E-state index contributed by atoms with van der Waals surface area (Å²) in [6.45, 7) is 7.40. The summed E-state index contributed by atoms with van der Waals surface area (Å²) < 4.78 is 5.45. The van der Waals surface area contributed by atoms with Crippen LogP contribution in [0.1, 0.15) is 12.0 Å². The fourth-order valence-electron chi connectivity index (χ4n) is 3.54. The van der Waals surface area contributed by atoms with Crippen LogP contribution >= 0.6 is 0 Å². The van der Waals surface area contributed by atoms with Crippen LogP contribution in [0.5, 0.6) is 0 Å². The molecule has 1 aromatic carbocycles. The SMILES string of the molecule is c1cc2cn[nH]c2cc1CN1CC[C@H](N2CCOCC2)C1. The molecule has 5 nitrogen and oxygen atoms in total. The lowest BCUT2D eigenvalue weighted by Crippen LogP contribution is -2.44. The first-order chi connectivity index (χ1) is 10.4. The van der Waals surface area contributed by atoms with Gasteiger partial charge in [0, 0.05) is 44.2 Å². The molecular weight excluding hydrogens is 264 g/mol. The Balaban J connectivity index is 1.39. The Kier molecular flexibility index (Phi) is 3.63. The Bertz CT molecular complexity index is 605. The minimum Gasteiger partial charge on any atom is -0.379 e. The number of nitrogens with one attached hydrogen (secondary N) is 1. The molecule has 0 unspecified atom stereocenters. The highest BCUT2D eigenvalue weighted by atomic mass is 16.5. The van der Waals surface area contributed by atoms with Gasteiger partial charge in [-0.15, -0.1) is 0 Å². The number of hydrogen-bond donors (Lipinski definition) is 1. The van der Waals surface area contributed by atoms with Crippen LogP contribution in [0.25, 0.3) is 10.9 Å². The molecule has 1 atom stereocenters. The zero-order chi connectivity index (χ0) is 14.1. The molecule has 0 saturated carbocycles. The van der Waals surface area contributed by atoms with E-state index in [0.717, 1.165) is 38.4 Å². The first kappa shape index (κ1) is 13.2. The number of ether oxygens (including phenoxy) is 1. The highest BCUT2D eigenvalue weighted by Gasteiger charge is 2.28. The monoisotopic (exact) mass is 286 g/mol. The van der Waals surface area contributed by atoms with E-state index in [2.05, 4.69) is 38.2 Å². The number of benzene rings is 1. The van der Waals surface area contributed by atoms with E-state index in [1.54, 1.807) is 0 Å². The molecule has 2 saturated heterocycles. The minimum absolute atomic E-state index is 0.713. The molecule has 0 aliphatic carbocycles. The molecule has 4 rings (SSSR count). The lowest BCUT2D eigenvalue weighted by atomic mass is 10.1. The van der Waals surface area contributed by atoms with Gasteiger partial charge in [0.05, 0.1) is 24.9 Å². The first-order valence-corrected chi connectivity index (χ1v) is 7.85. The second-order valence-corrected chi connectivity index (χ2v) is 6.12. The average Bonchev–Trinajstić information content (AvgIpc) is 3.17. The first-order valence-electron chi connectivity index (χ1n) is 7.85. The van der Waals surface area contributed by atoms with E-state index in [0.29, 0.717) is 6.04 Å². The van der Waals surface area contributed by atoms with Crippen LogP contribution in [0, 0.1) is 0 Å². The molecule has 2 aliphatic rings. The van der Waals surface area contributed by atoms with Gasteiger partial charge in [0.1, 0.15) is 0 Å². The van der Waals surface area contributed by atoms with Gasteiger partial charge < -0.3 is 4.74 Å². The maximum Gasteiger partial charge on any atom is 0.0653 e. The van der Waals surface area contributed by atoms with Gasteiger partial charge in [-0.25, -0.2) is 0 Å². The highest BCUT2D eigenvalue weighted by Crippen LogP contribution is 2.20. The Labute approximate surface area is 124 Å². The number of nitrogens with zero attached hydrogens (tertiary/aromatic N) is 3. The summed E-state index contributed by atoms with van der Waals surface area (Å²) in [5, 5.41) is 8.33. The smallest absolute Gasteiger partial charge is 0.0653 e. The molecule has 1 aromatic heterocycles. The quantitative estimate of drug-likeness (QED) is 0.928. The molecule has 2 aliphatic heterocycles. The summed E-state index contributed by atoms with van der Waals surface area (Å²) in [6.07, 6.45) is 3.16. The second kappa shape index (κ2) is 5.75. The van der Waals surface area contributed by atoms with Crippen molar-refractivity contribution in [3.8, 4) is 0 Å². The molecule has 2 fully saturated rings. The number of fused-ring (bicyclic) bond motifs is 1. The van der Waals surface area contributed by atoms with E-state index in [4.69, 9.17) is 4.74 Å². The van der Waals surface area contributed by atoms with Crippen LogP contribution in [0.15, 0.2) is 24.4 Å². The third-order valence-electron chi connectivity index (χ3n) is 4.72. The molecule has 3 heterocycles. The van der Waals surface area contributed by atoms with Crippen molar-refractivity contribution in [1.82, 2.24) is 20.0 Å².